The van der Waals surface area contributed by atoms with Crippen molar-refractivity contribution in [3.05, 3.63) is 16.4 Å². The third-order valence-electron chi connectivity index (χ3n) is 4.27. The average Bonchev–Trinajstić information content (AvgIpc) is 2.53. The zero-order valence-electron chi connectivity index (χ0n) is 11.6. The molecule has 1 aliphatic rings. The van der Waals surface area contributed by atoms with Gasteiger partial charge in [-0.3, -0.25) is 4.68 Å². The molecule has 0 radical (unpaired) electrons. The lowest BCUT2D eigenvalue weighted by Gasteiger charge is -2.46. The number of halogens is 1. The van der Waals surface area contributed by atoms with Crippen LogP contribution in [0, 0.1) is 6.92 Å². The second-order valence-corrected chi connectivity index (χ2v) is 5.50. The normalized spacial score (nSPS) is 19.6. The summed E-state index contributed by atoms with van der Waals surface area (Å²) in [5, 5.41) is 8.49. The Bertz CT molecular complexity index is 421. The van der Waals surface area contributed by atoms with Crippen molar-refractivity contribution in [2.75, 3.05) is 14.2 Å². The van der Waals surface area contributed by atoms with Gasteiger partial charge in [0.05, 0.1) is 11.3 Å². The van der Waals surface area contributed by atoms with Gasteiger partial charge in [-0.2, -0.15) is 5.10 Å². The predicted molar refractivity (Wildman–Crippen MR) is 73.1 cm³/mol. The lowest BCUT2D eigenvalue weighted by molar-refractivity contribution is -0.0966. The number of methoxy groups -OCH3 is 1. The van der Waals surface area contributed by atoms with E-state index in [4.69, 9.17) is 16.3 Å². The van der Waals surface area contributed by atoms with Crippen LogP contribution < -0.4 is 5.32 Å². The molecule has 1 fully saturated rings. The van der Waals surface area contributed by atoms with Crippen molar-refractivity contribution in [2.24, 2.45) is 7.05 Å². The molecule has 1 heterocycles. The number of nitrogens with one attached hydrogen (secondary N) is 1. The molecule has 102 valence electrons. The summed E-state index contributed by atoms with van der Waals surface area (Å²) in [6, 6.07) is 0.289. The van der Waals surface area contributed by atoms with E-state index in [9.17, 15) is 0 Å². The van der Waals surface area contributed by atoms with Crippen molar-refractivity contribution in [1.82, 2.24) is 15.1 Å². The summed E-state index contributed by atoms with van der Waals surface area (Å²) in [6.45, 7) is 2.01. The summed E-state index contributed by atoms with van der Waals surface area (Å²) in [6.07, 6.45) is 4.34. The van der Waals surface area contributed by atoms with E-state index in [2.05, 4.69) is 10.4 Å². The highest BCUT2D eigenvalue weighted by Crippen LogP contribution is 2.39. The Morgan fingerprint density at radius 3 is 2.56 bits per heavy atom. The summed E-state index contributed by atoms with van der Waals surface area (Å²) in [7, 11) is 5.67. The van der Waals surface area contributed by atoms with Gasteiger partial charge in [0.2, 0.25) is 0 Å². The van der Waals surface area contributed by atoms with E-state index in [1.807, 2.05) is 21.0 Å². The number of hydrogen-bond acceptors (Lipinski definition) is 3. The lowest BCUT2D eigenvalue weighted by atomic mass is 9.72. The van der Waals surface area contributed by atoms with Gasteiger partial charge in [-0.1, -0.05) is 11.6 Å². The quantitative estimate of drug-likeness (QED) is 0.891. The molecule has 1 saturated carbocycles. The Morgan fingerprint density at radius 2 is 2.22 bits per heavy atom. The summed E-state index contributed by atoms with van der Waals surface area (Å²) in [5.74, 6) is 0. The van der Waals surface area contributed by atoms with Crippen LogP contribution in [0.1, 0.15) is 30.5 Å². The van der Waals surface area contributed by atoms with Crippen molar-refractivity contribution >= 4 is 11.6 Å². The highest BCUT2D eigenvalue weighted by molar-refractivity contribution is 6.30. The molecule has 2 rings (SSSR count). The maximum atomic E-state index is 6.30. The van der Waals surface area contributed by atoms with Gasteiger partial charge >= 0.3 is 0 Å². The number of aromatic nitrogens is 2. The molecule has 18 heavy (non-hydrogen) atoms. The zero-order valence-corrected chi connectivity index (χ0v) is 12.3. The fourth-order valence-electron chi connectivity index (χ4n) is 2.88. The fraction of sp³-hybridized carbons (Fsp3) is 0.769. The molecule has 4 nitrogen and oxygen atoms in total. The van der Waals surface area contributed by atoms with Gasteiger partial charge in [0, 0.05) is 25.8 Å². The summed E-state index contributed by atoms with van der Waals surface area (Å²) in [5.41, 5.74) is 2.11. The smallest absolute Gasteiger partial charge is 0.130 e. The number of hydrogen-bond donors (Lipinski definition) is 1. The van der Waals surface area contributed by atoms with Crippen molar-refractivity contribution in [3.8, 4) is 0 Å². The number of likely N-dealkylation sites (N-methyl/N-ethyl adjacent to an activating group) is 1. The first-order valence-corrected chi connectivity index (χ1v) is 6.82. The van der Waals surface area contributed by atoms with Crippen LogP contribution in [0.2, 0.25) is 5.15 Å². The van der Waals surface area contributed by atoms with Crippen LogP contribution >= 0.6 is 11.6 Å². The van der Waals surface area contributed by atoms with E-state index in [-0.39, 0.29) is 11.6 Å². The average molecular weight is 272 g/mol. The number of aryl methyl sites for hydroxylation is 2. The second kappa shape index (κ2) is 5.19. The Morgan fingerprint density at radius 1 is 1.56 bits per heavy atom. The SMILES string of the molecule is CNC(Cc1c(C)nn(C)c1Cl)C1(OC)CCC1. The maximum Gasteiger partial charge on any atom is 0.130 e. The van der Waals surface area contributed by atoms with E-state index in [1.165, 1.54) is 6.42 Å². The first-order chi connectivity index (χ1) is 8.54. The molecule has 0 saturated heterocycles. The minimum absolute atomic E-state index is 0.0274. The molecule has 1 aromatic rings. The van der Waals surface area contributed by atoms with Crippen molar-refractivity contribution in [3.63, 3.8) is 0 Å². The van der Waals surface area contributed by atoms with Crippen molar-refractivity contribution in [1.29, 1.82) is 0 Å². The van der Waals surface area contributed by atoms with Crippen LogP contribution in [-0.2, 0) is 18.2 Å². The fourth-order valence-corrected chi connectivity index (χ4v) is 3.13. The molecular formula is C13H22ClN3O. The number of nitrogens with zero attached hydrogens (tertiary/aromatic N) is 2. The van der Waals surface area contributed by atoms with Gasteiger partial charge in [-0.15, -0.1) is 0 Å². The Balaban J connectivity index is 2.20. The molecule has 1 N–H and O–H groups in total. The maximum absolute atomic E-state index is 6.30. The largest absolute Gasteiger partial charge is 0.377 e. The van der Waals surface area contributed by atoms with Crippen LogP contribution in [-0.4, -0.2) is 35.6 Å². The Kier molecular flexibility index (Phi) is 3.99. The first-order valence-electron chi connectivity index (χ1n) is 6.44. The molecular weight excluding hydrogens is 250 g/mol. The van der Waals surface area contributed by atoms with Gasteiger partial charge in [-0.25, -0.2) is 0 Å². The molecule has 1 atom stereocenters. The molecule has 0 bridgehead atoms. The third-order valence-corrected chi connectivity index (χ3v) is 4.74. The Labute approximate surface area is 114 Å². The summed E-state index contributed by atoms with van der Waals surface area (Å²) in [4.78, 5) is 0. The standard InChI is InChI=1S/C13H22ClN3O/c1-9-10(12(14)17(3)16-9)8-11(15-2)13(18-4)6-5-7-13/h11,15H,5-8H2,1-4H3. The predicted octanol–water partition coefficient (Wildman–Crippen LogP) is 2.08. The molecule has 0 aliphatic heterocycles. The van der Waals surface area contributed by atoms with Gasteiger partial charge in [0.25, 0.3) is 0 Å². The monoisotopic (exact) mass is 271 g/mol. The van der Waals surface area contributed by atoms with Crippen LogP contribution in [0.25, 0.3) is 0 Å². The highest BCUT2D eigenvalue weighted by atomic mass is 35.5. The zero-order chi connectivity index (χ0) is 13.3. The van der Waals surface area contributed by atoms with Crippen molar-refractivity contribution < 1.29 is 4.74 Å². The van der Waals surface area contributed by atoms with Crippen LogP contribution in [0.5, 0.6) is 0 Å². The highest BCUT2D eigenvalue weighted by Gasteiger charge is 2.44. The van der Waals surface area contributed by atoms with E-state index in [0.29, 0.717) is 0 Å². The molecule has 1 aliphatic carbocycles. The number of ether oxygens (including phenoxy) is 1. The minimum atomic E-state index is -0.0274. The van der Waals surface area contributed by atoms with E-state index >= 15 is 0 Å². The molecule has 0 aromatic carbocycles. The van der Waals surface area contributed by atoms with Crippen LogP contribution in [0.4, 0.5) is 0 Å². The minimum Gasteiger partial charge on any atom is -0.377 e. The third kappa shape index (κ3) is 2.17. The second-order valence-electron chi connectivity index (χ2n) is 5.15. The molecule has 0 spiro atoms. The van der Waals surface area contributed by atoms with Crippen LogP contribution in [0.3, 0.4) is 0 Å². The molecule has 5 heteroatoms. The van der Waals surface area contributed by atoms with Gasteiger partial charge in [-0.05, 0) is 39.7 Å². The van der Waals surface area contributed by atoms with Gasteiger partial charge in [0.1, 0.15) is 5.15 Å². The Hall–Kier alpha value is -0.580. The van der Waals surface area contributed by atoms with E-state index in [0.717, 1.165) is 35.7 Å². The van der Waals surface area contributed by atoms with Gasteiger partial charge in [0.15, 0.2) is 0 Å². The van der Waals surface area contributed by atoms with Crippen LogP contribution in [0.15, 0.2) is 0 Å². The lowest BCUT2D eigenvalue weighted by Crippen LogP contribution is -2.56. The van der Waals surface area contributed by atoms with E-state index in [1.54, 1.807) is 11.8 Å². The molecule has 1 unspecified atom stereocenters. The van der Waals surface area contributed by atoms with Gasteiger partial charge < -0.3 is 10.1 Å². The summed E-state index contributed by atoms with van der Waals surface area (Å²) < 4.78 is 7.49. The topological polar surface area (TPSA) is 39.1 Å². The summed E-state index contributed by atoms with van der Waals surface area (Å²) >= 11 is 6.30. The molecule has 1 aromatic heterocycles. The van der Waals surface area contributed by atoms with Crippen molar-refractivity contribution in [2.45, 2.75) is 44.2 Å². The number of rotatable bonds is 5. The first kappa shape index (κ1) is 13.8. The molecule has 0 amide bonds. The van der Waals surface area contributed by atoms with E-state index < -0.39 is 0 Å².